The van der Waals surface area contributed by atoms with Crippen molar-refractivity contribution in [2.75, 3.05) is 19.8 Å². The van der Waals surface area contributed by atoms with Gasteiger partial charge in [-0.1, -0.05) is 48.5 Å². The quantitative estimate of drug-likeness (QED) is 0.689. The summed E-state index contributed by atoms with van der Waals surface area (Å²) in [6.07, 6.45) is 3.38. The predicted octanol–water partition coefficient (Wildman–Crippen LogP) is 4.74. The largest absolute Gasteiger partial charge is 0.466 e. The summed E-state index contributed by atoms with van der Waals surface area (Å²) in [5.74, 6) is -0.218. The summed E-state index contributed by atoms with van der Waals surface area (Å²) in [6, 6.07) is 16.7. The molecule has 0 N–H and O–H groups in total. The molecule has 29 heavy (non-hydrogen) atoms. The van der Waals surface area contributed by atoms with E-state index in [1.165, 1.54) is 29.2 Å². The van der Waals surface area contributed by atoms with Crippen LogP contribution >= 0.6 is 0 Å². The van der Waals surface area contributed by atoms with Crippen molar-refractivity contribution in [3.05, 3.63) is 59.7 Å². The van der Waals surface area contributed by atoms with Gasteiger partial charge in [-0.25, -0.2) is 4.79 Å². The summed E-state index contributed by atoms with van der Waals surface area (Å²) in [7, 11) is 0. The lowest BCUT2D eigenvalue weighted by Gasteiger charge is -2.35. The Bertz CT molecular complexity index is 848. The van der Waals surface area contributed by atoms with Crippen LogP contribution in [-0.2, 0) is 14.3 Å². The fourth-order valence-electron chi connectivity index (χ4n) is 4.56. The highest BCUT2D eigenvalue weighted by atomic mass is 16.6. The zero-order valence-electron chi connectivity index (χ0n) is 16.8. The number of benzene rings is 2. The molecule has 152 valence electrons. The molecule has 2 aromatic rings. The summed E-state index contributed by atoms with van der Waals surface area (Å²) in [5, 5.41) is 0. The molecule has 0 saturated carbocycles. The van der Waals surface area contributed by atoms with Crippen LogP contribution in [0.25, 0.3) is 11.1 Å². The van der Waals surface area contributed by atoms with Gasteiger partial charge in [0.1, 0.15) is 6.61 Å². The monoisotopic (exact) mass is 393 g/mol. The van der Waals surface area contributed by atoms with Gasteiger partial charge < -0.3 is 14.4 Å². The molecule has 1 fully saturated rings. The van der Waals surface area contributed by atoms with Gasteiger partial charge in [-0.05, 0) is 41.5 Å². The number of likely N-dealkylation sites (tertiary alicyclic amines) is 1. The highest BCUT2D eigenvalue weighted by molar-refractivity contribution is 5.79. The second-order valence-corrected chi connectivity index (χ2v) is 7.78. The van der Waals surface area contributed by atoms with E-state index < -0.39 is 0 Å². The Morgan fingerprint density at radius 2 is 1.62 bits per heavy atom. The van der Waals surface area contributed by atoms with E-state index in [1.807, 2.05) is 29.2 Å². The van der Waals surface area contributed by atoms with Gasteiger partial charge in [0.2, 0.25) is 0 Å². The lowest BCUT2D eigenvalue weighted by Crippen LogP contribution is -2.44. The first kappa shape index (κ1) is 19.5. The number of rotatable bonds is 5. The van der Waals surface area contributed by atoms with E-state index in [1.54, 1.807) is 0 Å². The molecule has 0 unspecified atom stereocenters. The standard InChI is InChI=1S/C24H27NO4/c1-17(26)28-15-13-18-8-6-7-14-25(18)24(27)29-16-23-21-11-4-2-9-19(21)20-10-3-5-12-22(20)23/h2-5,9-12,18,23H,6-8,13-16H2,1H3/t18-/m1/s1. The number of carbonyl (C=O) groups excluding carboxylic acids is 2. The topological polar surface area (TPSA) is 55.8 Å². The number of fused-ring (bicyclic) bond motifs is 3. The van der Waals surface area contributed by atoms with Gasteiger partial charge in [-0.3, -0.25) is 4.79 Å². The highest BCUT2D eigenvalue weighted by Crippen LogP contribution is 2.44. The van der Waals surface area contributed by atoms with Crippen molar-refractivity contribution in [1.29, 1.82) is 0 Å². The normalized spacial score (nSPS) is 18.1. The SMILES string of the molecule is CC(=O)OCC[C@H]1CCCCN1C(=O)OCC1c2ccccc2-c2ccccc21. The molecule has 5 nitrogen and oxygen atoms in total. The maximum atomic E-state index is 12.9. The second-order valence-electron chi connectivity index (χ2n) is 7.78. The smallest absolute Gasteiger partial charge is 0.410 e. The molecule has 4 rings (SSSR count). The molecule has 0 bridgehead atoms. The Labute approximate surface area is 171 Å². The van der Waals surface area contributed by atoms with E-state index in [4.69, 9.17) is 9.47 Å². The molecule has 1 atom stereocenters. The third kappa shape index (κ3) is 4.14. The fraction of sp³-hybridized carbons (Fsp3) is 0.417. The molecule has 2 aliphatic rings. The number of carbonyl (C=O) groups is 2. The third-order valence-corrected chi connectivity index (χ3v) is 5.95. The van der Waals surface area contributed by atoms with Gasteiger partial charge in [-0.2, -0.15) is 0 Å². The van der Waals surface area contributed by atoms with E-state index in [-0.39, 0.29) is 24.0 Å². The zero-order valence-corrected chi connectivity index (χ0v) is 16.8. The lowest BCUT2D eigenvalue weighted by molar-refractivity contribution is -0.141. The van der Waals surface area contributed by atoms with E-state index in [9.17, 15) is 9.59 Å². The summed E-state index contributed by atoms with van der Waals surface area (Å²) in [6.45, 7) is 2.78. The van der Waals surface area contributed by atoms with Crippen LogP contribution < -0.4 is 0 Å². The van der Waals surface area contributed by atoms with Crippen LogP contribution in [-0.4, -0.2) is 42.8 Å². The van der Waals surface area contributed by atoms with Gasteiger partial charge in [0.15, 0.2) is 0 Å². The number of ether oxygens (including phenoxy) is 2. The van der Waals surface area contributed by atoms with Gasteiger partial charge in [0.05, 0.1) is 6.61 Å². The van der Waals surface area contributed by atoms with Gasteiger partial charge in [-0.15, -0.1) is 0 Å². The fourth-order valence-corrected chi connectivity index (χ4v) is 4.56. The second kappa shape index (κ2) is 8.68. The molecule has 5 heteroatoms. The van der Waals surface area contributed by atoms with Crippen LogP contribution in [0.3, 0.4) is 0 Å². The molecule has 1 aliphatic heterocycles. The van der Waals surface area contributed by atoms with Gasteiger partial charge in [0.25, 0.3) is 0 Å². The number of nitrogens with zero attached hydrogens (tertiary/aromatic N) is 1. The minimum Gasteiger partial charge on any atom is -0.466 e. The first-order valence-corrected chi connectivity index (χ1v) is 10.4. The number of amides is 1. The average Bonchev–Trinajstić information content (AvgIpc) is 3.06. The minimum atomic E-state index is -0.284. The third-order valence-electron chi connectivity index (χ3n) is 5.95. The maximum Gasteiger partial charge on any atom is 0.410 e. The van der Waals surface area contributed by atoms with Crippen LogP contribution in [0.15, 0.2) is 48.5 Å². The Morgan fingerprint density at radius 3 is 2.28 bits per heavy atom. The molecule has 2 aromatic carbocycles. The van der Waals surface area contributed by atoms with Crippen molar-refractivity contribution in [3.8, 4) is 11.1 Å². The minimum absolute atomic E-state index is 0.0654. The van der Waals surface area contributed by atoms with Crippen LogP contribution in [0, 0.1) is 0 Å². The molecule has 1 saturated heterocycles. The number of hydrogen-bond acceptors (Lipinski definition) is 4. The molecule has 0 spiro atoms. The summed E-state index contributed by atoms with van der Waals surface area (Å²) >= 11 is 0. The highest BCUT2D eigenvalue weighted by Gasteiger charge is 2.32. The van der Waals surface area contributed by atoms with Crippen molar-refractivity contribution in [1.82, 2.24) is 4.90 Å². The molecule has 1 amide bonds. The summed E-state index contributed by atoms with van der Waals surface area (Å²) < 4.78 is 10.9. The van der Waals surface area contributed by atoms with Crippen molar-refractivity contribution in [2.45, 2.75) is 44.6 Å². The number of hydrogen-bond donors (Lipinski definition) is 0. The van der Waals surface area contributed by atoms with Crippen molar-refractivity contribution >= 4 is 12.1 Å². The number of piperidine rings is 1. The summed E-state index contributed by atoms with van der Waals surface area (Å²) in [5.41, 5.74) is 4.88. The van der Waals surface area contributed by atoms with Crippen molar-refractivity contribution in [3.63, 3.8) is 0 Å². The Kier molecular flexibility index (Phi) is 5.84. The van der Waals surface area contributed by atoms with Crippen LogP contribution in [0.1, 0.15) is 49.7 Å². The molecule has 0 radical (unpaired) electrons. The van der Waals surface area contributed by atoms with E-state index in [0.29, 0.717) is 26.2 Å². The molecule has 1 heterocycles. The van der Waals surface area contributed by atoms with Crippen LogP contribution in [0.2, 0.25) is 0 Å². The predicted molar refractivity (Wildman–Crippen MR) is 111 cm³/mol. The molecular formula is C24H27NO4. The Morgan fingerprint density at radius 1 is 0.966 bits per heavy atom. The average molecular weight is 393 g/mol. The van der Waals surface area contributed by atoms with E-state index in [2.05, 4.69) is 24.3 Å². The molecular weight excluding hydrogens is 366 g/mol. The Hall–Kier alpha value is -2.82. The van der Waals surface area contributed by atoms with Crippen molar-refractivity contribution in [2.24, 2.45) is 0 Å². The van der Waals surface area contributed by atoms with Crippen LogP contribution in [0.4, 0.5) is 4.79 Å². The summed E-state index contributed by atoms with van der Waals surface area (Å²) in [4.78, 5) is 25.7. The lowest BCUT2D eigenvalue weighted by atomic mass is 9.98. The van der Waals surface area contributed by atoms with Crippen LogP contribution in [0.5, 0.6) is 0 Å². The molecule has 0 aromatic heterocycles. The van der Waals surface area contributed by atoms with Crippen molar-refractivity contribution < 1.29 is 19.1 Å². The van der Waals surface area contributed by atoms with Gasteiger partial charge in [0, 0.05) is 31.8 Å². The maximum absolute atomic E-state index is 12.9. The zero-order chi connectivity index (χ0) is 20.2. The first-order valence-electron chi connectivity index (χ1n) is 10.4. The van der Waals surface area contributed by atoms with E-state index >= 15 is 0 Å². The number of esters is 1. The first-order chi connectivity index (χ1) is 14.1. The van der Waals surface area contributed by atoms with E-state index in [0.717, 1.165) is 19.3 Å². The Balaban J connectivity index is 1.43. The molecule has 1 aliphatic carbocycles. The van der Waals surface area contributed by atoms with Gasteiger partial charge >= 0.3 is 12.1 Å².